The van der Waals surface area contributed by atoms with E-state index in [2.05, 4.69) is 38.3 Å². The second-order valence-electron chi connectivity index (χ2n) is 4.72. The van der Waals surface area contributed by atoms with Crippen LogP contribution in [0.1, 0.15) is 22.2 Å². The average molecular weight is 377 g/mol. The predicted octanol–water partition coefficient (Wildman–Crippen LogP) is 3.61. The van der Waals surface area contributed by atoms with Gasteiger partial charge >= 0.3 is 0 Å². The minimum atomic E-state index is -0.0269. The minimum absolute atomic E-state index is 0.0269. The zero-order valence-electron chi connectivity index (χ0n) is 11.9. The summed E-state index contributed by atoms with van der Waals surface area (Å²) in [6, 6.07) is 11.7. The Balaban J connectivity index is 1.74. The molecule has 2 aromatic heterocycles. The van der Waals surface area contributed by atoms with Crippen molar-refractivity contribution >= 4 is 33.0 Å². The molecule has 0 amide bonds. The Bertz CT molecular complexity index is 794. The second-order valence-corrected chi connectivity index (χ2v) is 7.18. The fourth-order valence-electron chi connectivity index (χ4n) is 1.99. The summed E-state index contributed by atoms with van der Waals surface area (Å²) in [6.45, 7) is 2.20. The molecule has 0 saturated heterocycles. The van der Waals surface area contributed by atoms with Crippen LogP contribution in [0, 0.1) is 0 Å². The van der Waals surface area contributed by atoms with E-state index in [1.807, 2.05) is 30.3 Å². The lowest BCUT2D eigenvalue weighted by Gasteiger charge is -1.98. The van der Waals surface area contributed by atoms with Gasteiger partial charge in [-0.2, -0.15) is 4.80 Å². The number of nitrogens with zero attached hydrogens (tertiary/aromatic N) is 4. The molecule has 0 radical (unpaired) electrons. The van der Waals surface area contributed by atoms with Crippen LogP contribution in [-0.2, 0) is 13.0 Å². The Morgan fingerprint density at radius 2 is 2.00 bits per heavy atom. The fraction of sp³-hybridized carbons (Fsp3) is 0.200. The molecule has 0 atom stereocenters. The molecule has 0 aliphatic carbocycles. The van der Waals surface area contributed by atoms with Crippen LogP contribution in [0.2, 0.25) is 0 Å². The lowest BCUT2D eigenvalue weighted by atomic mass is 10.1. The van der Waals surface area contributed by atoms with Crippen molar-refractivity contribution < 1.29 is 4.79 Å². The summed E-state index contributed by atoms with van der Waals surface area (Å²) < 4.78 is 0.930. The van der Waals surface area contributed by atoms with Gasteiger partial charge in [-0.05, 0) is 45.3 Å². The van der Waals surface area contributed by atoms with Crippen molar-refractivity contribution in [1.29, 1.82) is 0 Å². The maximum absolute atomic E-state index is 12.1. The molecule has 0 spiro atoms. The van der Waals surface area contributed by atoms with Crippen LogP contribution in [0.25, 0.3) is 11.4 Å². The summed E-state index contributed by atoms with van der Waals surface area (Å²) in [5.41, 5.74) is 2.16. The smallest absolute Gasteiger partial charge is 0.204 e. The van der Waals surface area contributed by atoms with E-state index < -0.39 is 0 Å². The van der Waals surface area contributed by atoms with E-state index in [1.165, 1.54) is 21.7 Å². The van der Waals surface area contributed by atoms with E-state index in [1.54, 1.807) is 6.07 Å². The summed E-state index contributed by atoms with van der Waals surface area (Å²) >= 11 is 4.75. The monoisotopic (exact) mass is 376 g/mol. The standard InChI is InChI=1S/C15H13BrN4OS/c1-2-10-3-5-11(6-4-10)15-17-19-20(18-15)9-12(21)13-7-8-14(16)22-13/h3-8H,2,9H2,1H3. The summed E-state index contributed by atoms with van der Waals surface area (Å²) in [7, 11) is 0. The third-order valence-electron chi connectivity index (χ3n) is 3.21. The van der Waals surface area contributed by atoms with E-state index in [0.29, 0.717) is 10.7 Å². The van der Waals surface area contributed by atoms with Crippen molar-refractivity contribution in [2.45, 2.75) is 19.9 Å². The Kier molecular flexibility index (Phi) is 4.44. The topological polar surface area (TPSA) is 60.7 Å². The number of aryl methyl sites for hydroxylation is 1. The number of hydrogen-bond donors (Lipinski definition) is 0. The molecule has 0 aliphatic rings. The summed E-state index contributed by atoms with van der Waals surface area (Å²) in [6.07, 6.45) is 0.991. The molecule has 7 heteroatoms. The normalized spacial score (nSPS) is 10.8. The second kappa shape index (κ2) is 6.50. The van der Waals surface area contributed by atoms with Crippen molar-refractivity contribution in [3.63, 3.8) is 0 Å². The van der Waals surface area contributed by atoms with Gasteiger partial charge in [-0.15, -0.1) is 21.5 Å². The Hall–Kier alpha value is -1.86. The van der Waals surface area contributed by atoms with Gasteiger partial charge in [-0.1, -0.05) is 31.2 Å². The van der Waals surface area contributed by atoms with Gasteiger partial charge in [-0.25, -0.2) is 0 Å². The van der Waals surface area contributed by atoms with Gasteiger partial charge in [0.25, 0.3) is 0 Å². The van der Waals surface area contributed by atoms with Gasteiger partial charge in [0.05, 0.1) is 8.66 Å². The number of thiophene rings is 1. The van der Waals surface area contributed by atoms with E-state index >= 15 is 0 Å². The number of halogens is 1. The molecule has 3 aromatic rings. The number of tetrazole rings is 1. The first-order valence-electron chi connectivity index (χ1n) is 6.81. The summed E-state index contributed by atoms with van der Waals surface area (Å²) in [5, 5.41) is 12.2. The van der Waals surface area contributed by atoms with E-state index in [9.17, 15) is 4.79 Å². The molecule has 0 bridgehead atoms. The quantitative estimate of drug-likeness (QED) is 0.638. The molecule has 5 nitrogen and oxygen atoms in total. The molecule has 1 aromatic carbocycles. The van der Waals surface area contributed by atoms with Crippen LogP contribution in [0.15, 0.2) is 40.2 Å². The third kappa shape index (κ3) is 3.31. The zero-order valence-corrected chi connectivity index (χ0v) is 14.3. The molecule has 0 saturated carbocycles. The third-order valence-corrected chi connectivity index (χ3v) is 4.87. The highest BCUT2D eigenvalue weighted by Crippen LogP contribution is 2.22. The van der Waals surface area contributed by atoms with E-state index in [4.69, 9.17) is 0 Å². The van der Waals surface area contributed by atoms with Gasteiger partial charge in [-0.3, -0.25) is 4.79 Å². The first-order chi connectivity index (χ1) is 10.7. The van der Waals surface area contributed by atoms with Gasteiger partial charge in [0.2, 0.25) is 5.82 Å². The van der Waals surface area contributed by atoms with E-state index in [-0.39, 0.29) is 12.3 Å². The molecule has 22 heavy (non-hydrogen) atoms. The molecule has 0 N–H and O–H groups in total. The Labute approximate surface area is 140 Å². The van der Waals surface area contributed by atoms with Crippen molar-refractivity contribution in [2.75, 3.05) is 0 Å². The largest absolute Gasteiger partial charge is 0.291 e. The number of carbonyl (C=O) groups excluding carboxylic acids is 1. The van der Waals surface area contributed by atoms with Crippen molar-refractivity contribution in [3.05, 3.63) is 50.6 Å². The van der Waals surface area contributed by atoms with Crippen LogP contribution in [-0.4, -0.2) is 26.0 Å². The molecule has 0 unspecified atom stereocenters. The van der Waals surface area contributed by atoms with Gasteiger partial charge in [0, 0.05) is 5.56 Å². The highest BCUT2D eigenvalue weighted by molar-refractivity contribution is 9.11. The first-order valence-corrected chi connectivity index (χ1v) is 8.42. The molecular formula is C15H13BrN4OS. The molecule has 3 rings (SSSR count). The van der Waals surface area contributed by atoms with Gasteiger partial charge < -0.3 is 0 Å². The zero-order chi connectivity index (χ0) is 15.5. The van der Waals surface area contributed by atoms with Gasteiger partial charge in [0.15, 0.2) is 5.78 Å². The van der Waals surface area contributed by atoms with Crippen molar-refractivity contribution in [2.24, 2.45) is 0 Å². The maximum atomic E-state index is 12.1. The Morgan fingerprint density at radius 1 is 1.23 bits per heavy atom. The number of hydrogen-bond acceptors (Lipinski definition) is 5. The predicted molar refractivity (Wildman–Crippen MR) is 89.0 cm³/mol. The van der Waals surface area contributed by atoms with Crippen LogP contribution in [0.5, 0.6) is 0 Å². The number of benzene rings is 1. The number of Topliss-reactive ketones (excluding diaryl/α,β-unsaturated/α-hetero) is 1. The average Bonchev–Trinajstić information content (AvgIpc) is 3.16. The van der Waals surface area contributed by atoms with Crippen LogP contribution >= 0.6 is 27.3 Å². The lowest BCUT2D eigenvalue weighted by Crippen LogP contribution is -2.12. The first kappa shape index (κ1) is 15.1. The van der Waals surface area contributed by atoms with Crippen molar-refractivity contribution in [1.82, 2.24) is 20.2 Å². The number of ketones is 1. The minimum Gasteiger partial charge on any atom is -0.291 e. The highest BCUT2D eigenvalue weighted by atomic mass is 79.9. The Morgan fingerprint density at radius 3 is 2.64 bits per heavy atom. The lowest BCUT2D eigenvalue weighted by molar-refractivity contribution is 0.0965. The fourth-order valence-corrected chi connectivity index (χ4v) is 3.30. The number of carbonyl (C=O) groups is 1. The SMILES string of the molecule is CCc1ccc(-c2nnn(CC(=O)c3ccc(Br)s3)n2)cc1. The number of rotatable bonds is 5. The molecular weight excluding hydrogens is 364 g/mol. The molecule has 112 valence electrons. The van der Waals surface area contributed by atoms with Crippen LogP contribution < -0.4 is 0 Å². The molecule has 0 fully saturated rings. The summed E-state index contributed by atoms with van der Waals surface area (Å²) in [4.78, 5) is 14.1. The van der Waals surface area contributed by atoms with E-state index in [0.717, 1.165) is 15.8 Å². The van der Waals surface area contributed by atoms with Crippen molar-refractivity contribution in [3.8, 4) is 11.4 Å². The maximum Gasteiger partial charge on any atom is 0.204 e. The van der Waals surface area contributed by atoms with Crippen LogP contribution in [0.4, 0.5) is 0 Å². The molecule has 0 aliphatic heterocycles. The number of aromatic nitrogens is 4. The van der Waals surface area contributed by atoms with Gasteiger partial charge in [0.1, 0.15) is 6.54 Å². The molecule has 2 heterocycles. The highest BCUT2D eigenvalue weighted by Gasteiger charge is 2.12. The summed E-state index contributed by atoms with van der Waals surface area (Å²) in [5.74, 6) is 0.504. The van der Waals surface area contributed by atoms with Crippen LogP contribution in [0.3, 0.4) is 0 Å².